The van der Waals surface area contributed by atoms with Crippen LogP contribution in [0.5, 0.6) is 0 Å². The van der Waals surface area contributed by atoms with Crippen molar-refractivity contribution in [2.24, 2.45) is 0 Å². The molecule has 6 heteroatoms. The van der Waals surface area contributed by atoms with Crippen molar-refractivity contribution in [3.8, 4) is 0 Å². The van der Waals surface area contributed by atoms with Crippen molar-refractivity contribution in [1.82, 2.24) is 9.78 Å². The molecule has 112 valence electrons. The summed E-state index contributed by atoms with van der Waals surface area (Å²) in [5.41, 5.74) is 0.627. The third-order valence-corrected chi connectivity index (χ3v) is 3.31. The number of halogens is 1. The Morgan fingerprint density at radius 3 is 2.62 bits per heavy atom. The minimum atomic E-state index is -0.526. The van der Waals surface area contributed by atoms with E-state index in [1.165, 1.54) is 0 Å². The fourth-order valence-corrected chi connectivity index (χ4v) is 2.30. The Hall–Kier alpha value is -1.57. The molecule has 0 bridgehead atoms. The Kier molecular flexibility index (Phi) is 4.87. The van der Waals surface area contributed by atoms with Gasteiger partial charge in [0.05, 0.1) is 10.1 Å². The predicted molar refractivity (Wildman–Crippen MR) is 90.3 cm³/mol. The van der Waals surface area contributed by atoms with E-state index >= 15 is 0 Å². The zero-order valence-corrected chi connectivity index (χ0v) is 14.4. The Morgan fingerprint density at radius 1 is 1.33 bits per heavy atom. The maximum Gasteiger partial charge on any atom is 0.413 e. The number of aromatic nitrogens is 2. The third kappa shape index (κ3) is 5.04. The van der Waals surface area contributed by atoms with Crippen LogP contribution in [0.15, 0.2) is 36.5 Å². The van der Waals surface area contributed by atoms with Gasteiger partial charge in [-0.2, -0.15) is 5.10 Å². The number of carbonyl (C=O) groups excluding carboxylic acids is 1. The number of hydrogen-bond acceptors (Lipinski definition) is 3. The van der Waals surface area contributed by atoms with Crippen molar-refractivity contribution in [1.29, 1.82) is 0 Å². The zero-order valence-electron chi connectivity index (χ0n) is 12.3. The molecule has 2 rings (SSSR count). The first-order valence-electron chi connectivity index (χ1n) is 6.60. The van der Waals surface area contributed by atoms with Gasteiger partial charge in [-0.1, -0.05) is 30.3 Å². The molecule has 5 nitrogen and oxygen atoms in total. The Labute approximate surface area is 137 Å². The lowest BCUT2D eigenvalue weighted by atomic mass is 10.2. The SMILES string of the molecule is CC(C)(C)OC(=O)Nc1nn(Cc2ccccc2)cc1I. The first kappa shape index (κ1) is 15.8. The van der Waals surface area contributed by atoms with Crippen LogP contribution in [0, 0.1) is 3.57 Å². The largest absolute Gasteiger partial charge is 0.444 e. The van der Waals surface area contributed by atoms with E-state index in [1.54, 1.807) is 4.68 Å². The minimum Gasteiger partial charge on any atom is -0.444 e. The Balaban J connectivity index is 2.04. The number of nitrogens with zero attached hydrogens (tertiary/aromatic N) is 2. The molecular formula is C15H18IN3O2. The maximum atomic E-state index is 11.8. The average Bonchev–Trinajstić information content (AvgIpc) is 2.68. The first-order valence-corrected chi connectivity index (χ1v) is 7.68. The molecule has 0 fully saturated rings. The highest BCUT2D eigenvalue weighted by molar-refractivity contribution is 14.1. The van der Waals surface area contributed by atoms with Gasteiger partial charge in [-0.15, -0.1) is 0 Å². The molecule has 1 aromatic heterocycles. The lowest BCUT2D eigenvalue weighted by molar-refractivity contribution is 0.0635. The number of rotatable bonds is 3. The molecule has 0 atom stereocenters. The number of anilines is 1. The number of benzene rings is 1. The van der Waals surface area contributed by atoms with E-state index in [1.807, 2.05) is 57.3 Å². The first-order chi connectivity index (χ1) is 9.83. The quantitative estimate of drug-likeness (QED) is 0.798. The molecule has 1 aromatic carbocycles. The number of hydrogen-bond donors (Lipinski definition) is 1. The van der Waals surface area contributed by atoms with E-state index in [0.717, 1.165) is 9.13 Å². The molecule has 21 heavy (non-hydrogen) atoms. The summed E-state index contributed by atoms with van der Waals surface area (Å²) in [6, 6.07) is 10.0. The van der Waals surface area contributed by atoms with Gasteiger partial charge in [-0.25, -0.2) is 4.79 Å². The highest BCUT2D eigenvalue weighted by atomic mass is 127. The maximum absolute atomic E-state index is 11.8. The summed E-state index contributed by atoms with van der Waals surface area (Å²) >= 11 is 2.14. The highest BCUT2D eigenvalue weighted by Gasteiger charge is 2.18. The molecule has 1 N–H and O–H groups in total. The number of nitrogens with one attached hydrogen (secondary N) is 1. The minimum absolute atomic E-state index is 0.495. The van der Waals surface area contributed by atoms with E-state index in [0.29, 0.717) is 12.4 Å². The molecule has 0 aliphatic rings. The standard InChI is InChI=1S/C15H18IN3O2/c1-15(2,3)21-14(20)17-13-12(16)10-19(18-13)9-11-7-5-4-6-8-11/h4-8,10H,9H2,1-3H3,(H,17,18,20). The van der Waals surface area contributed by atoms with Crippen LogP contribution in [0.2, 0.25) is 0 Å². The molecule has 2 aromatic rings. The van der Waals surface area contributed by atoms with Crippen LogP contribution in [0.3, 0.4) is 0 Å². The van der Waals surface area contributed by atoms with Gasteiger partial charge in [0.15, 0.2) is 5.82 Å². The van der Waals surface area contributed by atoms with E-state index < -0.39 is 11.7 Å². The van der Waals surface area contributed by atoms with Gasteiger partial charge in [-0.3, -0.25) is 10.00 Å². The molecule has 0 saturated heterocycles. The summed E-state index contributed by atoms with van der Waals surface area (Å²) in [5, 5.41) is 7.04. The van der Waals surface area contributed by atoms with Crippen LogP contribution >= 0.6 is 22.6 Å². The lowest BCUT2D eigenvalue weighted by Gasteiger charge is -2.19. The highest BCUT2D eigenvalue weighted by Crippen LogP contribution is 2.18. The van der Waals surface area contributed by atoms with Crippen molar-refractivity contribution in [3.63, 3.8) is 0 Å². The fraction of sp³-hybridized carbons (Fsp3) is 0.333. The van der Waals surface area contributed by atoms with Gasteiger partial charge in [0.1, 0.15) is 5.60 Å². The van der Waals surface area contributed by atoms with Crippen molar-refractivity contribution >= 4 is 34.5 Å². The van der Waals surface area contributed by atoms with E-state index in [2.05, 4.69) is 33.0 Å². The molecule has 0 saturated carbocycles. The molecule has 0 unspecified atom stereocenters. The molecular weight excluding hydrogens is 381 g/mol. The summed E-state index contributed by atoms with van der Waals surface area (Å²) in [4.78, 5) is 11.8. The Morgan fingerprint density at radius 2 is 2.00 bits per heavy atom. The molecule has 0 radical (unpaired) electrons. The second-order valence-corrected chi connectivity index (χ2v) is 6.80. The molecule has 0 aliphatic carbocycles. The number of ether oxygens (including phenoxy) is 1. The molecule has 0 aliphatic heterocycles. The van der Waals surface area contributed by atoms with E-state index in [9.17, 15) is 4.79 Å². The summed E-state index contributed by atoms with van der Waals surface area (Å²) in [6.07, 6.45) is 1.39. The van der Waals surface area contributed by atoms with Crippen molar-refractivity contribution in [2.75, 3.05) is 5.32 Å². The smallest absolute Gasteiger partial charge is 0.413 e. The lowest BCUT2D eigenvalue weighted by Crippen LogP contribution is -2.27. The van der Waals surface area contributed by atoms with Gasteiger partial charge < -0.3 is 4.74 Å². The summed E-state index contributed by atoms with van der Waals surface area (Å²) in [5.74, 6) is 0.515. The molecule has 1 amide bonds. The van der Waals surface area contributed by atoms with Crippen LogP contribution in [0.1, 0.15) is 26.3 Å². The summed E-state index contributed by atoms with van der Waals surface area (Å²) < 4.78 is 7.89. The van der Waals surface area contributed by atoms with Gasteiger partial charge in [0.2, 0.25) is 0 Å². The second kappa shape index (κ2) is 6.46. The van der Waals surface area contributed by atoms with Gasteiger partial charge >= 0.3 is 6.09 Å². The monoisotopic (exact) mass is 399 g/mol. The van der Waals surface area contributed by atoms with Crippen LogP contribution in [-0.2, 0) is 11.3 Å². The number of carbonyl (C=O) groups is 1. The van der Waals surface area contributed by atoms with Gasteiger partial charge in [0, 0.05) is 6.20 Å². The topological polar surface area (TPSA) is 56.1 Å². The van der Waals surface area contributed by atoms with Crippen LogP contribution in [0.25, 0.3) is 0 Å². The van der Waals surface area contributed by atoms with E-state index in [4.69, 9.17) is 4.74 Å². The molecule has 1 heterocycles. The van der Waals surface area contributed by atoms with Gasteiger partial charge in [0.25, 0.3) is 0 Å². The fourth-order valence-electron chi connectivity index (χ4n) is 1.73. The average molecular weight is 399 g/mol. The van der Waals surface area contributed by atoms with Crippen LogP contribution < -0.4 is 5.32 Å². The van der Waals surface area contributed by atoms with Crippen LogP contribution in [0.4, 0.5) is 10.6 Å². The summed E-state index contributed by atoms with van der Waals surface area (Å²) in [7, 11) is 0. The second-order valence-electron chi connectivity index (χ2n) is 5.64. The zero-order chi connectivity index (χ0) is 15.5. The van der Waals surface area contributed by atoms with Crippen molar-refractivity contribution < 1.29 is 9.53 Å². The van der Waals surface area contributed by atoms with Gasteiger partial charge in [-0.05, 0) is 48.9 Å². The Bertz CT molecular complexity index is 618. The van der Waals surface area contributed by atoms with Crippen LogP contribution in [-0.4, -0.2) is 21.5 Å². The third-order valence-electron chi connectivity index (χ3n) is 2.52. The normalized spacial score (nSPS) is 11.2. The molecule has 0 spiro atoms. The predicted octanol–water partition coefficient (Wildman–Crippen LogP) is 3.88. The van der Waals surface area contributed by atoms with Crippen molar-refractivity contribution in [3.05, 3.63) is 45.7 Å². The van der Waals surface area contributed by atoms with E-state index in [-0.39, 0.29) is 0 Å². The number of amides is 1. The summed E-state index contributed by atoms with van der Waals surface area (Å²) in [6.45, 7) is 6.13. The van der Waals surface area contributed by atoms with Crippen molar-refractivity contribution in [2.45, 2.75) is 32.9 Å².